The molecule has 1 aromatic heterocycles. The minimum Gasteiger partial charge on any atom is -0.384 e. The molecule has 0 amide bonds. The van der Waals surface area contributed by atoms with Gasteiger partial charge in [-0.25, -0.2) is 0 Å². The summed E-state index contributed by atoms with van der Waals surface area (Å²) in [5.74, 6) is -0.372. The molecule has 14 heavy (non-hydrogen) atoms. The number of thiophene rings is 1. The van der Waals surface area contributed by atoms with E-state index in [0.717, 1.165) is 26.2 Å². The third-order valence-corrected chi connectivity index (χ3v) is 3.01. The maximum Gasteiger partial charge on any atom is 0.167 e. The third-order valence-electron chi connectivity index (χ3n) is 2.33. The molecule has 2 heterocycles. The van der Waals surface area contributed by atoms with Gasteiger partial charge in [-0.15, -0.1) is 0 Å². The van der Waals surface area contributed by atoms with Gasteiger partial charge in [-0.3, -0.25) is 0 Å². The molecule has 0 aromatic carbocycles. The zero-order valence-electron chi connectivity index (χ0n) is 8.29. The Labute approximate surface area is 88.0 Å². The highest BCUT2D eigenvalue weighted by atomic mass is 32.1. The van der Waals surface area contributed by atoms with Crippen molar-refractivity contribution in [2.45, 2.75) is 19.1 Å². The summed E-state index contributed by atoms with van der Waals surface area (Å²) < 4.78 is 11.0. The van der Waals surface area contributed by atoms with Crippen molar-refractivity contribution in [3.8, 4) is 0 Å². The highest BCUT2D eigenvalue weighted by molar-refractivity contribution is 7.08. The monoisotopic (exact) mass is 213 g/mol. The van der Waals surface area contributed by atoms with Crippen molar-refractivity contribution in [2.24, 2.45) is 0 Å². The van der Waals surface area contributed by atoms with Crippen molar-refractivity contribution in [2.75, 3.05) is 25.1 Å². The largest absolute Gasteiger partial charge is 0.384 e. The Bertz CT molecular complexity index is 268. The van der Waals surface area contributed by atoms with E-state index in [4.69, 9.17) is 9.47 Å². The standard InChI is InChI=1S/C10H15NO2S/c1-10(12-5-6-13-10)3-4-11-9-2-7-14-8-9/h2,7-8,11H,3-6H2,1H3. The number of hydrogen-bond acceptors (Lipinski definition) is 4. The third kappa shape index (κ3) is 2.47. The van der Waals surface area contributed by atoms with Gasteiger partial charge in [0, 0.05) is 24.0 Å². The topological polar surface area (TPSA) is 30.5 Å². The van der Waals surface area contributed by atoms with E-state index in [0.29, 0.717) is 0 Å². The zero-order valence-corrected chi connectivity index (χ0v) is 9.10. The molecule has 2 rings (SSSR count). The second kappa shape index (κ2) is 4.29. The normalized spacial score (nSPS) is 19.8. The van der Waals surface area contributed by atoms with E-state index in [9.17, 15) is 0 Å². The van der Waals surface area contributed by atoms with E-state index in [2.05, 4.69) is 22.1 Å². The smallest absolute Gasteiger partial charge is 0.167 e. The molecule has 0 spiro atoms. The van der Waals surface area contributed by atoms with Crippen molar-refractivity contribution in [1.82, 2.24) is 0 Å². The SMILES string of the molecule is CC1(CCNc2ccsc2)OCCO1. The fourth-order valence-corrected chi connectivity index (χ4v) is 2.11. The van der Waals surface area contributed by atoms with Crippen LogP contribution in [0.4, 0.5) is 5.69 Å². The van der Waals surface area contributed by atoms with Crippen LogP contribution in [0, 0.1) is 0 Å². The first-order valence-electron chi connectivity index (χ1n) is 4.82. The lowest BCUT2D eigenvalue weighted by atomic mass is 10.2. The number of nitrogens with one attached hydrogen (secondary N) is 1. The molecule has 1 aliphatic heterocycles. The second-order valence-corrected chi connectivity index (χ2v) is 4.30. The Kier molecular flexibility index (Phi) is 3.05. The highest BCUT2D eigenvalue weighted by Gasteiger charge is 2.29. The molecule has 0 aliphatic carbocycles. The van der Waals surface area contributed by atoms with Crippen molar-refractivity contribution in [1.29, 1.82) is 0 Å². The molecule has 1 aromatic rings. The van der Waals surface area contributed by atoms with E-state index in [1.165, 1.54) is 5.69 Å². The molecule has 0 saturated carbocycles. The van der Waals surface area contributed by atoms with E-state index < -0.39 is 0 Å². The maximum atomic E-state index is 5.50. The Morgan fingerprint density at radius 2 is 2.29 bits per heavy atom. The zero-order chi connectivity index (χ0) is 9.86. The molecule has 0 radical (unpaired) electrons. The van der Waals surface area contributed by atoms with Crippen molar-refractivity contribution < 1.29 is 9.47 Å². The highest BCUT2D eigenvalue weighted by Crippen LogP contribution is 2.22. The predicted octanol–water partition coefficient (Wildman–Crippen LogP) is 2.31. The number of rotatable bonds is 4. The van der Waals surface area contributed by atoms with Gasteiger partial charge in [0.15, 0.2) is 5.79 Å². The lowest BCUT2D eigenvalue weighted by molar-refractivity contribution is -0.144. The first-order valence-corrected chi connectivity index (χ1v) is 5.77. The summed E-state index contributed by atoms with van der Waals surface area (Å²) in [6.45, 7) is 4.31. The molecular weight excluding hydrogens is 198 g/mol. The van der Waals surface area contributed by atoms with Gasteiger partial charge in [0.1, 0.15) is 0 Å². The van der Waals surface area contributed by atoms with Crippen LogP contribution in [0.5, 0.6) is 0 Å². The molecule has 0 bridgehead atoms. The van der Waals surface area contributed by atoms with Crippen LogP contribution >= 0.6 is 11.3 Å². The summed E-state index contributed by atoms with van der Waals surface area (Å²) in [5.41, 5.74) is 1.18. The first kappa shape index (κ1) is 9.96. The summed E-state index contributed by atoms with van der Waals surface area (Å²) >= 11 is 1.70. The van der Waals surface area contributed by atoms with E-state index in [1.807, 2.05) is 6.92 Å². The van der Waals surface area contributed by atoms with Crippen molar-refractivity contribution >= 4 is 17.0 Å². The quantitative estimate of drug-likeness (QED) is 0.832. The Balaban J connectivity index is 1.72. The fraction of sp³-hybridized carbons (Fsp3) is 0.600. The minimum atomic E-state index is -0.372. The summed E-state index contributed by atoms with van der Waals surface area (Å²) in [4.78, 5) is 0. The predicted molar refractivity (Wildman–Crippen MR) is 57.7 cm³/mol. The summed E-state index contributed by atoms with van der Waals surface area (Å²) in [7, 11) is 0. The van der Waals surface area contributed by atoms with Crippen LogP contribution < -0.4 is 5.32 Å². The molecular formula is C10H15NO2S. The molecule has 4 heteroatoms. The lowest BCUT2D eigenvalue weighted by Crippen LogP contribution is -2.28. The Hall–Kier alpha value is -0.580. The van der Waals surface area contributed by atoms with Crippen LogP contribution in [0.2, 0.25) is 0 Å². The molecule has 0 unspecified atom stereocenters. The molecule has 78 valence electrons. The second-order valence-electron chi connectivity index (χ2n) is 3.52. The first-order chi connectivity index (χ1) is 6.79. The summed E-state index contributed by atoms with van der Waals surface area (Å²) in [6, 6.07) is 2.07. The van der Waals surface area contributed by atoms with Crippen LogP contribution in [-0.2, 0) is 9.47 Å². The fourth-order valence-electron chi connectivity index (χ4n) is 1.50. The lowest BCUT2D eigenvalue weighted by Gasteiger charge is -2.22. The van der Waals surface area contributed by atoms with Gasteiger partial charge >= 0.3 is 0 Å². The van der Waals surface area contributed by atoms with Gasteiger partial charge in [-0.1, -0.05) is 0 Å². The number of ether oxygens (including phenoxy) is 2. The molecule has 1 aliphatic rings. The summed E-state index contributed by atoms with van der Waals surface area (Å²) in [6.07, 6.45) is 0.878. The van der Waals surface area contributed by atoms with E-state index >= 15 is 0 Å². The van der Waals surface area contributed by atoms with Crippen LogP contribution in [0.15, 0.2) is 16.8 Å². The Morgan fingerprint density at radius 1 is 1.50 bits per heavy atom. The van der Waals surface area contributed by atoms with Gasteiger partial charge in [-0.2, -0.15) is 11.3 Å². The molecule has 3 nitrogen and oxygen atoms in total. The van der Waals surface area contributed by atoms with Gasteiger partial charge in [0.2, 0.25) is 0 Å². The van der Waals surface area contributed by atoms with Crippen LogP contribution in [0.25, 0.3) is 0 Å². The van der Waals surface area contributed by atoms with E-state index in [-0.39, 0.29) is 5.79 Å². The number of hydrogen-bond donors (Lipinski definition) is 1. The minimum absolute atomic E-state index is 0.372. The molecule has 1 saturated heterocycles. The molecule has 0 atom stereocenters. The van der Waals surface area contributed by atoms with Gasteiger partial charge in [0.05, 0.1) is 13.2 Å². The number of anilines is 1. The Morgan fingerprint density at radius 3 is 2.93 bits per heavy atom. The van der Waals surface area contributed by atoms with Gasteiger partial charge in [0.25, 0.3) is 0 Å². The van der Waals surface area contributed by atoms with Gasteiger partial charge < -0.3 is 14.8 Å². The van der Waals surface area contributed by atoms with Crippen LogP contribution in [-0.4, -0.2) is 25.5 Å². The molecule has 1 N–H and O–H groups in total. The van der Waals surface area contributed by atoms with Crippen molar-refractivity contribution in [3.63, 3.8) is 0 Å². The van der Waals surface area contributed by atoms with E-state index in [1.54, 1.807) is 11.3 Å². The maximum absolute atomic E-state index is 5.50. The van der Waals surface area contributed by atoms with Crippen molar-refractivity contribution in [3.05, 3.63) is 16.8 Å². The van der Waals surface area contributed by atoms with Crippen LogP contribution in [0.1, 0.15) is 13.3 Å². The average Bonchev–Trinajstić information content (AvgIpc) is 2.77. The average molecular weight is 213 g/mol. The summed E-state index contributed by atoms with van der Waals surface area (Å²) in [5, 5.41) is 7.49. The molecule has 1 fully saturated rings. The van der Waals surface area contributed by atoms with Crippen LogP contribution in [0.3, 0.4) is 0 Å². The van der Waals surface area contributed by atoms with Gasteiger partial charge in [-0.05, 0) is 18.4 Å².